The molecule has 1 N–H and O–H groups in total. The van der Waals surface area contributed by atoms with Gasteiger partial charge in [-0.2, -0.15) is 5.10 Å². The van der Waals surface area contributed by atoms with Crippen LogP contribution < -0.4 is 4.72 Å². The van der Waals surface area contributed by atoms with E-state index in [2.05, 4.69) is 9.82 Å². The third-order valence-corrected chi connectivity index (χ3v) is 5.21. The van der Waals surface area contributed by atoms with E-state index in [0.717, 1.165) is 22.2 Å². The van der Waals surface area contributed by atoms with E-state index in [9.17, 15) is 8.42 Å². The SMILES string of the molecule is Cc1cc(C)c(S(=O)(=O)Nc2ccn3nccc3c2)c(C)c1. The van der Waals surface area contributed by atoms with Crippen LogP contribution in [-0.4, -0.2) is 18.0 Å². The second-order valence-electron chi connectivity index (χ2n) is 5.45. The Morgan fingerprint density at radius 3 is 2.41 bits per heavy atom. The van der Waals surface area contributed by atoms with Crippen molar-refractivity contribution in [3.8, 4) is 0 Å². The van der Waals surface area contributed by atoms with Gasteiger partial charge in [0.25, 0.3) is 10.0 Å². The summed E-state index contributed by atoms with van der Waals surface area (Å²) in [5.41, 5.74) is 3.89. The topological polar surface area (TPSA) is 63.5 Å². The molecule has 0 unspecified atom stereocenters. The lowest BCUT2D eigenvalue weighted by Gasteiger charge is -2.14. The summed E-state index contributed by atoms with van der Waals surface area (Å²) < 4.78 is 29.7. The van der Waals surface area contributed by atoms with E-state index in [1.54, 1.807) is 29.0 Å². The summed E-state index contributed by atoms with van der Waals surface area (Å²) in [4.78, 5) is 0.339. The predicted octanol–water partition coefficient (Wildman–Crippen LogP) is 3.06. The van der Waals surface area contributed by atoms with Crippen molar-refractivity contribution < 1.29 is 8.42 Å². The Balaban J connectivity index is 2.03. The molecule has 22 heavy (non-hydrogen) atoms. The predicted molar refractivity (Wildman–Crippen MR) is 86.7 cm³/mol. The second kappa shape index (κ2) is 5.14. The number of fused-ring (bicyclic) bond motifs is 1. The van der Waals surface area contributed by atoms with Crippen molar-refractivity contribution in [2.24, 2.45) is 0 Å². The highest BCUT2D eigenvalue weighted by Gasteiger charge is 2.20. The molecule has 0 aliphatic carbocycles. The average molecular weight is 315 g/mol. The zero-order chi connectivity index (χ0) is 15.9. The standard InChI is InChI=1S/C16H17N3O2S/c1-11-8-12(2)16(13(3)9-11)22(20,21)18-14-5-7-19-15(10-14)4-6-17-19/h4-10,18H,1-3H3. The summed E-state index contributed by atoms with van der Waals surface area (Å²) in [6, 6.07) is 9.02. The van der Waals surface area contributed by atoms with Crippen LogP contribution in [0.5, 0.6) is 0 Å². The van der Waals surface area contributed by atoms with Gasteiger partial charge in [-0.15, -0.1) is 0 Å². The summed E-state index contributed by atoms with van der Waals surface area (Å²) >= 11 is 0. The minimum atomic E-state index is -3.62. The largest absolute Gasteiger partial charge is 0.279 e. The molecule has 2 heterocycles. The third kappa shape index (κ3) is 2.57. The Bertz CT molecular complexity index is 935. The van der Waals surface area contributed by atoms with Gasteiger partial charge in [-0.25, -0.2) is 12.9 Å². The first-order valence-electron chi connectivity index (χ1n) is 6.91. The number of sulfonamides is 1. The lowest BCUT2D eigenvalue weighted by atomic mass is 10.1. The number of nitrogens with zero attached hydrogens (tertiary/aromatic N) is 2. The van der Waals surface area contributed by atoms with Crippen LogP contribution >= 0.6 is 0 Å². The van der Waals surface area contributed by atoms with Crippen LogP contribution in [0.4, 0.5) is 5.69 Å². The van der Waals surface area contributed by atoms with Gasteiger partial charge in [0, 0.05) is 12.4 Å². The highest BCUT2D eigenvalue weighted by atomic mass is 32.2. The number of pyridine rings is 1. The third-order valence-electron chi connectivity index (χ3n) is 3.53. The van der Waals surface area contributed by atoms with Gasteiger partial charge in [0.05, 0.1) is 16.1 Å². The molecule has 0 spiro atoms. The molecule has 0 aliphatic rings. The molecular formula is C16H17N3O2S. The fourth-order valence-corrected chi connectivity index (χ4v) is 4.29. The van der Waals surface area contributed by atoms with Crippen LogP contribution in [0.25, 0.3) is 5.52 Å². The summed E-state index contributed by atoms with van der Waals surface area (Å²) in [6.07, 6.45) is 3.39. The maximum absolute atomic E-state index is 12.7. The number of hydrogen-bond donors (Lipinski definition) is 1. The van der Waals surface area contributed by atoms with Gasteiger partial charge in [0.1, 0.15) is 0 Å². The fourth-order valence-electron chi connectivity index (χ4n) is 2.78. The second-order valence-corrected chi connectivity index (χ2v) is 7.07. The Kier molecular flexibility index (Phi) is 3.41. The van der Waals surface area contributed by atoms with Crippen molar-refractivity contribution in [1.29, 1.82) is 0 Å². The fraction of sp³-hybridized carbons (Fsp3) is 0.188. The summed E-state index contributed by atoms with van der Waals surface area (Å²) in [5, 5.41) is 4.09. The lowest BCUT2D eigenvalue weighted by Crippen LogP contribution is -2.16. The van der Waals surface area contributed by atoms with Gasteiger partial charge in [-0.1, -0.05) is 17.7 Å². The van der Waals surface area contributed by atoms with Crippen molar-refractivity contribution >= 4 is 21.2 Å². The number of nitrogens with one attached hydrogen (secondary N) is 1. The van der Waals surface area contributed by atoms with E-state index in [1.165, 1.54) is 0 Å². The van der Waals surface area contributed by atoms with Crippen molar-refractivity contribution in [2.45, 2.75) is 25.7 Å². The zero-order valence-corrected chi connectivity index (χ0v) is 13.5. The number of aryl methyl sites for hydroxylation is 3. The molecule has 0 atom stereocenters. The minimum absolute atomic E-state index is 0.339. The monoisotopic (exact) mass is 315 g/mol. The van der Waals surface area contributed by atoms with Gasteiger partial charge in [-0.3, -0.25) is 4.72 Å². The highest BCUT2D eigenvalue weighted by molar-refractivity contribution is 7.92. The molecule has 3 aromatic rings. The van der Waals surface area contributed by atoms with Crippen molar-refractivity contribution in [1.82, 2.24) is 9.61 Å². The number of aromatic nitrogens is 2. The molecule has 0 saturated carbocycles. The highest BCUT2D eigenvalue weighted by Crippen LogP contribution is 2.24. The van der Waals surface area contributed by atoms with E-state index >= 15 is 0 Å². The van der Waals surface area contributed by atoms with Crippen LogP contribution in [0.2, 0.25) is 0 Å². The number of hydrogen-bond acceptors (Lipinski definition) is 3. The molecule has 0 amide bonds. The van der Waals surface area contributed by atoms with E-state index in [-0.39, 0.29) is 0 Å². The first-order chi connectivity index (χ1) is 10.4. The van der Waals surface area contributed by atoms with Crippen LogP contribution in [0.15, 0.2) is 47.6 Å². The van der Waals surface area contributed by atoms with E-state index in [0.29, 0.717) is 10.6 Å². The Morgan fingerprint density at radius 1 is 1.05 bits per heavy atom. The lowest BCUT2D eigenvalue weighted by molar-refractivity contribution is 0.600. The van der Waals surface area contributed by atoms with Crippen LogP contribution in [-0.2, 0) is 10.0 Å². The molecule has 0 fully saturated rings. The quantitative estimate of drug-likeness (QED) is 0.808. The van der Waals surface area contributed by atoms with Gasteiger partial charge in [0.2, 0.25) is 0 Å². The molecule has 5 nitrogen and oxygen atoms in total. The molecule has 2 aromatic heterocycles. The Labute approximate surface area is 129 Å². The van der Waals surface area contributed by atoms with Crippen LogP contribution in [0.3, 0.4) is 0 Å². The Hall–Kier alpha value is -2.34. The van der Waals surface area contributed by atoms with Gasteiger partial charge in [0.15, 0.2) is 0 Å². The summed E-state index contributed by atoms with van der Waals surface area (Å²) in [5.74, 6) is 0. The van der Waals surface area contributed by atoms with E-state index < -0.39 is 10.0 Å². The van der Waals surface area contributed by atoms with Crippen molar-refractivity contribution in [2.75, 3.05) is 4.72 Å². The first kappa shape index (κ1) is 14.6. The molecular weight excluding hydrogens is 298 g/mol. The minimum Gasteiger partial charge on any atom is -0.279 e. The van der Waals surface area contributed by atoms with Gasteiger partial charge in [-0.05, 0) is 50.1 Å². The maximum Gasteiger partial charge on any atom is 0.262 e. The molecule has 3 rings (SSSR count). The smallest absolute Gasteiger partial charge is 0.262 e. The van der Waals surface area contributed by atoms with E-state index in [4.69, 9.17) is 0 Å². The molecule has 6 heteroatoms. The van der Waals surface area contributed by atoms with Gasteiger partial charge >= 0.3 is 0 Å². The van der Waals surface area contributed by atoms with Crippen molar-refractivity contribution in [3.05, 3.63) is 59.4 Å². The summed E-state index contributed by atoms with van der Waals surface area (Å²) in [7, 11) is -3.62. The molecule has 0 saturated heterocycles. The number of benzene rings is 1. The van der Waals surface area contributed by atoms with Crippen LogP contribution in [0, 0.1) is 20.8 Å². The average Bonchev–Trinajstić information content (AvgIpc) is 2.83. The molecule has 0 bridgehead atoms. The Morgan fingerprint density at radius 2 is 1.73 bits per heavy atom. The number of rotatable bonds is 3. The molecule has 114 valence electrons. The van der Waals surface area contributed by atoms with E-state index in [1.807, 2.05) is 39.0 Å². The number of anilines is 1. The van der Waals surface area contributed by atoms with Crippen molar-refractivity contribution in [3.63, 3.8) is 0 Å². The molecule has 1 aromatic carbocycles. The first-order valence-corrected chi connectivity index (χ1v) is 8.39. The molecule has 0 aliphatic heterocycles. The van der Waals surface area contributed by atoms with Crippen LogP contribution in [0.1, 0.15) is 16.7 Å². The molecule has 0 radical (unpaired) electrons. The van der Waals surface area contributed by atoms with Gasteiger partial charge < -0.3 is 0 Å². The zero-order valence-electron chi connectivity index (χ0n) is 12.7. The normalized spacial score (nSPS) is 11.8. The maximum atomic E-state index is 12.7. The summed E-state index contributed by atoms with van der Waals surface area (Å²) in [6.45, 7) is 5.58.